The molecule has 2 rings (SSSR count). The van der Waals surface area contributed by atoms with Crippen molar-refractivity contribution in [2.24, 2.45) is 0 Å². The molecule has 2 unspecified atom stereocenters. The molecule has 0 amide bonds. The first-order valence-electron chi connectivity index (χ1n) is 6.97. The van der Waals surface area contributed by atoms with Gasteiger partial charge in [-0.05, 0) is 23.5 Å². The van der Waals surface area contributed by atoms with Gasteiger partial charge in [-0.2, -0.15) is 0 Å². The Morgan fingerprint density at radius 2 is 1.05 bits per heavy atom. The summed E-state index contributed by atoms with van der Waals surface area (Å²) >= 11 is 12.6. The lowest BCUT2D eigenvalue weighted by atomic mass is 10.4. The first-order valence-corrected chi connectivity index (χ1v) is 13.3. The summed E-state index contributed by atoms with van der Waals surface area (Å²) < 4.78 is 6.71. The van der Waals surface area contributed by atoms with E-state index in [1.165, 1.54) is 10.4 Å². The highest BCUT2D eigenvalue weighted by Crippen LogP contribution is 2.18. The maximum Gasteiger partial charge on any atom is 0.224 e. The Morgan fingerprint density at radius 3 is 1.33 bits per heavy atom. The van der Waals surface area contributed by atoms with E-state index in [1.807, 2.05) is 36.4 Å². The Morgan fingerprint density at radius 1 is 0.714 bits per heavy atom. The Kier molecular flexibility index (Phi) is 5.69. The van der Waals surface area contributed by atoms with Crippen LogP contribution < -0.4 is 10.4 Å². The highest BCUT2D eigenvalue weighted by molar-refractivity contribution is 7.01. The second kappa shape index (κ2) is 7.12. The van der Waals surface area contributed by atoms with Crippen LogP contribution in [0.3, 0.4) is 0 Å². The fraction of sp³-hybridized carbons (Fsp3) is 0.250. The molecule has 5 heteroatoms. The maximum atomic E-state index is 6.71. The zero-order chi connectivity index (χ0) is 15.3. The Bertz CT molecular complexity index is 516. The second-order valence-electron chi connectivity index (χ2n) is 5.56. The van der Waals surface area contributed by atoms with E-state index in [0.717, 1.165) is 0 Å². The van der Waals surface area contributed by atoms with Crippen molar-refractivity contribution in [3.05, 3.63) is 60.7 Å². The number of hydrogen-bond acceptors (Lipinski definition) is 1. The fourth-order valence-electron chi connectivity index (χ4n) is 2.41. The SMILES string of the molecule is C[Si](CCl)(O[Si](C)(CCl)c1ccccc1)c1ccccc1. The van der Waals surface area contributed by atoms with Crippen molar-refractivity contribution in [2.75, 3.05) is 11.0 Å². The first kappa shape index (κ1) is 16.8. The van der Waals surface area contributed by atoms with Gasteiger partial charge in [0, 0.05) is 11.0 Å². The highest BCUT2D eigenvalue weighted by Gasteiger charge is 2.41. The third-order valence-corrected chi connectivity index (χ3v) is 14.5. The van der Waals surface area contributed by atoms with Crippen molar-refractivity contribution in [3.63, 3.8) is 0 Å². The molecule has 0 saturated carbocycles. The van der Waals surface area contributed by atoms with Gasteiger partial charge in [-0.1, -0.05) is 60.7 Å². The van der Waals surface area contributed by atoms with E-state index in [4.69, 9.17) is 27.3 Å². The zero-order valence-corrected chi connectivity index (χ0v) is 15.9. The molecular weight excluding hydrogens is 335 g/mol. The normalized spacial score (nSPS) is 17.0. The van der Waals surface area contributed by atoms with E-state index in [2.05, 4.69) is 37.4 Å². The number of rotatable bonds is 6. The number of hydrogen-bond donors (Lipinski definition) is 0. The summed E-state index contributed by atoms with van der Waals surface area (Å²) in [6.45, 7) is 4.35. The van der Waals surface area contributed by atoms with E-state index < -0.39 is 16.6 Å². The summed E-state index contributed by atoms with van der Waals surface area (Å²) in [7, 11) is -4.39. The molecule has 0 heterocycles. The van der Waals surface area contributed by atoms with Crippen LogP contribution in [0.15, 0.2) is 60.7 Å². The molecule has 0 spiro atoms. The summed E-state index contributed by atoms with van der Waals surface area (Å²) in [6, 6.07) is 20.6. The lowest BCUT2D eigenvalue weighted by Crippen LogP contribution is -2.63. The summed E-state index contributed by atoms with van der Waals surface area (Å²) in [5, 5.41) is 2.44. The summed E-state index contributed by atoms with van der Waals surface area (Å²) in [5.41, 5.74) is 1.06. The van der Waals surface area contributed by atoms with E-state index >= 15 is 0 Å². The number of halogens is 2. The molecule has 0 saturated heterocycles. The molecule has 2 aromatic carbocycles. The van der Waals surface area contributed by atoms with Gasteiger partial charge in [0.05, 0.1) is 0 Å². The minimum absolute atomic E-state index is 0.531. The minimum Gasteiger partial charge on any atom is -0.447 e. The van der Waals surface area contributed by atoms with E-state index in [9.17, 15) is 0 Å². The van der Waals surface area contributed by atoms with Crippen LogP contribution in [-0.2, 0) is 4.12 Å². The quantitative estimate of drug-likeness (QED) is 0.569. The van der Waals surface area contributed by atoms with Crippen molar-refractivity contribution >= 4 is 50.2 Å². The Balaban J connectivity index is 2.36. The molecule has 21 heavy (non-hydrogen) atoms. The van der Waals surface area contributed by atoms with Crippen LogP contribution in [0.1, 0.15) is 0 Å². The molecule has 0 radical (unpaired) electrons. The van der Waals surface area contributed by atoms with Crippen molar-refractivity contribution in [1.82, 2.24) is 0 Å². The smallest absolute Gasteiger partial charge is 0.224 e. The Labute approximate surface area is 139 Å². The van der Waals surface area contributed by atoms with E-state index in [0.29, 0.717) is 11.0 Å². The number of benzene rings is 2. The van der Waals surface area contributed by atoms with Crippen molar-refractivity contribution in [2.45, 2.75) is 13.1 Å². The lowest BCUT2D eigenvalue weighted by molar-refractivity contribution is 0.570. The van der Waals surface area contributed by atoms with Crippen LogP contribution >= 0.6 is 23.2 Å². The minimum atomic E-state index is -2.20. The molecule has 2 atom stereocenters. The molecule has 0 bridgehead atoms. The second-order valence-corrected chi connectivity index (χ2v) is 14.6. The average molecular weight is 355 g/mol. The summed E-state index contributed by atoms with van der Waals surface area (Å²) in [4.78, 5) is 0. The highest BCUT2D eigenvalue weighted by atomic mass is 35.5. The summed E-state index contributed by atoms with van der Waals surface area (Å²) in [5.74, 6) is 0. The molecular formula is C16H20Cl2OSi2. The van der Waals surface area contributed by atoms with Gasteiger partial charge in [0.2, 0.25) is 16.6 Å². The van der Waals surface area contributed by atoms with Gasteiger partial charge in [0.1, 0.15) is 0 Å². The van der Waals surface area contributed by atoms with Crippen molar-refractivity contribution in [3.8, 4) is 0 Å². The lowest BCUT2D eigenvalue weighted by Gasteiger charge is -2.37. The molecule has 0 aliphatic heterocycles. The molecule has 0 aliphatic rings. The van der Waals surface area contributed by atoms with Crippen LogP contribution in [0, 0.1) is 0 Å². The predicted octanol–water partition coefficient (Wildman–Crippen LogP) is 3.52. The van der Waals surface area contributed by atoms with Crippen molar-refractivity contribution in [1.29, 1.82) is 0 Å². The van der Waals surface area contributed by atoms with Gasteiger partial charge in [-0.15, -0.1) is 23.2 Å². The molecule has 0 aromatic heterocycles. The van der Waals surface area contributed by atoms with Gasteiger partial charge in [0.15, 0.2) is 0 Å². The van der Waals surface area contributed by atoms with Crippen molar-refractivity contribution < 1.29 is 4.12 Å². The fourth-order valence-corrected chi connectivity index (χ4v) is 11.8. The van der Waals surface area contributed by atoms with Crippen LogP contribution in [-0.4, -0.2) is 27.6 Å². The molecule has 1 nitrogen and oxygen atoms in total. The van der Waals surface area contributed by atoms with Gasteiger partial charge < -0.3 is 4.12 Å². The largest absolute Gasteiger partial charge is 0.447 e. The van der Waals surface area contributed by atoms with Gasteiger partial charge >= 0.3 is 0 Å². The predicted molar refractivity (Wildman–Crippen MR) is 97.9 cm³/mol. The number of alkyl halides is 2. The summed E-state index contributed by atoms with van der Waals surface area (Å²) in [6.07, 6.45) is 0. The molecule has 0 fully saturated rings. The maximum absolute atomic E-state index is 6.71. The van der Waals surface area contributed by atoms with E-state index in [-0.39, 0.29) is 0 Å². The van der Waals surface area contributed by atoms with Crippen LogP contribution in [0.5, 0.6) is 0 Å². The molecule has 2 aromatic rings. The van der Waals surface area contributed by atoms with Gasteiger partial charge in [-0.3, -0.25) is 0 Å². The van der Waals surface area contributed by atoms with Crippen LogP contribution in [0.2, 0.25) is 13.1 Å². The zero-order valence-electron chi connectivity index (χ0n) is 12.4. The average Bonchev–Trinajstić information content (AvgIpc) is 2.56. The molecule has 0 aliphatic carbocycles. The van der Waals surface area contributed by atoms with Crippen LogP contribution in [0.4, 0.5) is 0 Å². The molecule has 0 N–H and O–H groups in total. The van der Waals surface area contributed by atoms with Gasteiger partial charge in [-0.25, -0.2) is 0 Å². The first-order chi connectivity index (χ1) is 10.0. The third kappa shape index (κ3) is 3.79. The van der Waals surface area contributed by atoms with Crippen LogP contribution in [0.25, 0.3) is 0 Å². The third-order valence-electron chi connectivity index (χ3n) is 3.73. The molecule has 112 valence electrons. The Hall–Kier alpha value is -0.586. The van der Waals surface area contributed by atoms with Gasteiger partial charge in [0.25, 0.3) is 0 Å². The van der Waals surface area contributed by atoms with E-state index in [1.54, 1.807) is 0 Å². The standard InChI is InChI=1S/C16H20Cl2OSi2/c1-20(13-17,15-9-5-3-6-10-15)19-21(2,14-18)16-11-7-4-8-12-16/h3-12H,13-14H2,1-2H3. The topological polar surface area (TPSA) is 9.23 Å². The monoisotopic (exact) mass is 354 g/mol.